The first-order chi connectivity index (χ1) is 7.99. The van der Waals surface area contributed by atoms with Crippen LogP contribution in [0.5, 0.6) is 0 Å². The number of amides is 1. The Morgan fingerprint density at radius 1 is 1.06 bits per heavy atom. The number of alkyl halides is 3. The number of carbonyl (C=O) groups is 1. The van der Waals surface area contributed by atoms with E-state index in [1.54, 1.807) is 4.90 Å². The van der Waals surface area contributed by atoms with Gasteiger partial charge in [-0.1, -0.05) is 19.3 Å². The molecule has 0 aliphatic carbocycles. The molecule has 1 amide bonds. The highest BCUT2D eigenvalue weighted by atomic mass is 19.4. The van der Waals surface area contributed by atoms with Crippen molar-refractivity contribution in [3.05, 3.63) is 0 Å². The molecule has 0 spiro atoms. The highest BCUT2D eigenvalue weighted by Crippen LogP contribution is 2.12. The lowest BCUT2D eigenvalue weighted by atomic mass is 10.1. The topological polar surface area (TPSA) is 32.3 Å². The second kappa shape index (κ2) is 6.83. The SMILES string of the molecule is O=C(CNCC(F)(F)F)N1CCCCCCC1. The minimum atomic E-state index is -4.25. The van der Waals surface area contributed by atoms with Crippen LogP contribution in [0.1, 0.15) is 32.1 Å². The van der Waals surface area contributed by atoms with Crippen LogP contribution in [0.2, 0.25) is 0 Å². The Kier molecular flexibility index (Phi) is 5.74. The van der Waals surface area contributed by atoms with Gasteiger partial charge in [0.05, 0.1) is 13.1 Å². The van der Waals surface area contributed by atoms with Crippen molar-refractivity contribution in [3.63, 3.8) is 0 Å². The maximum atomic E-state index is 11.9. The largest absolute Gasteiger partial charge is 0.401 e. The summed E-state index contributed by atoms with van der Waals surface area (Å²) in [6, 6.07) is 0. The molecule has 1 aliphatic heterocycles. The van der Waals surface area contributed by atoms with E-state index in [0.29, 0.717) is 13.1 Å². The molecule has 0 aromatic carbocycles. The Morgan fingerprint density at radius 3 is 2.12 bits per heavy atom. The molecular formula is C11H19F3N2O. The lowest BCUT2D eigenvalue weighted by molar-refractivity contribution is -0.134. The number of likely N-dealkylation sites (tertiary alicyclic amines) is 1. The standard InChI is InChI=1S/C11H19F3N2O/c12-11(13,14)9-15-8-10(17)16-6-4-2-1-3-5-7-16/h15H,1-9H2. The minimum absolute atomic E-state index is 0.223. The lowest BCUT2D eigenvalue weighted by Crippen LogP contribution is -2.42. The fourth-order valence-electron chi connectivity index (χ4n) is 1.92. The predicted octanol–water partition coefficient (Wildman–Crippen LogP) is 1.93. The van der Waals surface area contributed by atoms with Gasteiger partial charge < -0.3 is 10.2 Å². The van der Waals surface area contributed by atoms with E-state index in [2.05, 4.69) is 5.32 Å². The van der Waals surface area contributed by atoms with Gasteiger partial charge in [-0.15, -0.1) is 0 Å². The van der Waals surface area contributed by atoms with Crippen molar-refractivity contribution < 1.29 is 18.0 Å². The lowest BCUT2D eigenvalue weighted by Gasteiger charge is -2.25. The summed E-state index contributed by atoms with van der Waals surface area (Å²) in [5.41, 5.74) is 0. The van der Waals surface area contributed by atoms with Crippen LogP contribution in [-0.4, -0.2) is 43.2 Å². The molecule has 3 nitrogen and oxygen atoms in total. The van der Waals surface area contributed by atoms with Gasteiger partial charge in [-0.25, -0.2) is 0 Å². The molecule has 17 heavy (non-hydrogen) atoms. The zero-order chi connectivity index (χ0) is 12.7. The van der Waals surface area contributed by atoms with Gasteiger partial charge in [0.25, 0.3) is 0 Å². The quantitative estimate of drug-likeness (QED) is 0.832. The first-order valence-corrected chi connectivity index (χ1v) is 6.04. The van der Waals surface area contributed by atoms with Crippen LogP contribution in [-0.2, 0) is 4.79 Å². The maximum absolute atomic E-state index is 11.9. The highest BCUT2D eigenvalue weighted by Gasteiger charge is 2.27. The third-order valence-corrected chi connectivity index (χ3v) is 2.81. The highest BCUT2D eigenvalue weighted by molar-refractivity contribution is 5.78. The van der Waals surface area contributed by atoms with E-state index in [-0.39, 0.29) is 12.5 Å². The van der Waals surface area contributed by atoms with E-state index in [0.717, 1.165) is 25.7 Å². The molecule has 0 atom stereocenters. The average Bonchev–Trinajstić information content (AvgIpc) is 2.14. The van der Waals surface area contributed by atoms with Crippen LogP contribution in [0, 0.1) is 0 Å². The molecule has 1 rings (SSSR count). The van der Waals surface area contributed by atoms with Crippen LogP contribution in [0.15, 0.2) is 0 Å². The number of nitrogens with one attached hydrogen (secondary N) is 1. The summed E-state index contributed by atoms with van der Waals surface area (Å²) < 4.78 is 35.6. The molecule has 0 radical (unpaired) electrons. The number of nitrogens with zero attached hydrogens (tertiary/aromatic N) is 1. The molecule has 0 bridgehead atoms. The van der Waals surface area contributed by atoms with Crippen LogP contribution in [0.25, 0.3) is 0 Å². The Labute approximate surface area is 99.4 Å². The number of hydrogen-bond donors (Lipinski definition) is 1. The summed E-state index contributed by atoms with van der Waals surface area (Å²) >= 11 is 0. The van der Waals surface area contributed by atoms with E-state index >= 15 is 0 Å². The summed E-state index contributed by atoms with van der Waals surface area (Å²) in [5, 5.41) is 2.14. The summed E-state index contributed by atoms with van der Waals surface area (Å²) in [6.07, 6.45) is 1.03. The summed E-state index contributed by atoms with van der Waals surface area (Å²) in [7, 11) is 0. The van der Waals surface area contributed by atoms with Crippen LogP contribution < -0.4 is 5.32 Å². The number of rotatable bonds is 3. The molecule has 0 unspecified atom stereocenters. The molecule has 1 N–H and O–H groups in total. The van der Waals surface area contributed by atoms with Gasteiger partial charge in [0.1, 0.15) is 0 Å². The molecule has 6 heteroatoms. The van der Waals surface area contributed by atoms with E-state index < -0.39 is 12.7 Å². The van der Waals surface area contributed by atoms with Crippen molar-refractivity contribution in [2.75, 3.05) is 26.2 Å². The Hall–Kier alpha value is -0.780. The average molecular weight is 252 g/mol. The van der Waals surface area contributed by atoms with Gasteiger partial charge in [-0.3, -0.25) is 4.79 Å². The van der Waals surface area contributed by atoms with Crippen molar-refractivity contribution in [2.45, 2.75) is 38.3 Å². The van der Waals surface area contributed by atoms with Gasteiger partial charge in [0, 0.05) is 13.1 Å². The number of halogens is 3. The molecule has 1 saturated heterocycles. The van der Waals surface area contributed by atoms with Gasteiger partial charge in [-0.2, -0.15) is 13.2 Å². The molecular weight excluding hydrogens is 233 g/mol. The van der Waals surface area contributed by atoms with Crippen molar-refractivity contribution in [3.8, 4) is 0 Å². The van der Waals surface area contributed by atoms with Crippen LogP contribution >= 0.6 is 0 Å². The first kappa shape index (κ1) is 14.3. The summed E-state index contributed by atoms with van der Waals surface area (Å²) in [5.74, 6) is -0.226. The zero-order valence-corrected chi connectivity index (χ0v) is 9.85. The Balaban J connectivity index is 2.25. The van der Waals surface area contributed by atoms with Gasteiger partial charge in [0.2, 0.25) is 5.91 Å². The van der Waals surface area contributed by atoms with Crippen molar-refractivity contribution in [1.82, 2.24) is 10.2 Å². The van der Waals surface area contributed by atoms with Crippen LogP contribution in [0.3, 0.4) is 0 Å². The predicted molar refractivity (Wildman–Crippen MR) is 58.6 cm³/mol. The fraction of sp³-hybridized carbons (Fsp3) is 0.909. The molecule has 0 saturated carbocycles. The van der Waals surface area contributed by atoms with E-state index in [4.69, 9.17) is 0 Å². The molecule has 1 fully saturated rings. The van der Waals surface area contributed by atoms with Gasteiger partial charge in [-0.05, 0) is 12.8 Å². The maximum Gasteiger partial charge on any atom is 0.401 e. The number of carbonyl (C=O) groups excluding carboxylic acids is 1. The third-order valence-electron chi connectivity index (χ3n) is 2.81. The molecule has 100 valence electrons. The smallest absolute Gasteiger partial charge is 0.342 e. The fourth-order valence-corrected chi connectivity index (χ4v) is 1.92. The van der Waals surface area contributed by atoms with Gasteiger partial charge in [0.15, 0.2) is 0 Å². The molecule has 0 aromatic rings. The Bertz CT molecular complexity index is 235. The van der Waals surface area contributed by atoms with E-state index in [1.807, 2.05) is 0 Å². The van der Waals surface area contributed by atoms with E-state index in [9.17, 15) is 18.0 Å². The second-order valence-electron chi connectivity index (χ2n) is 4.37. The van der Waals surface area contributed by atoms with Crippen LogP contribution in [0.4, 0.5) is 13.2 Å². The Morgan fingerprint density at radius 2 is 1.59 bits per heavy atom. The van der Waals surface area contributed by atoms with E-state index in [1.165, 1.54) is 6.42 Å². The monoisotopic (exact) mass is 252 g/mol. The molecule has 1 aliphatic rings. The first-order valence-electron chi connectivity index (χ1n) is 6.04. The minimum Gasteiger partial charge on any atom is -0.342 e. The summed E-state index contributed by atoms with van der Waals surface area (Å²) in [4.78, 5) is 13.3. The summed E-state index contributed by atoms with van der Waals surface area (Å²) in [6.45, 7) is 0.0190. The third kappa shape index (κ3) is 6.51. The van der Waals surface area contributed by atoms with Crippen molar-refractivity contribution >= 4 is 5.91 Å². The molecule has 0 aromatic heterocycles. The van der Waals surface area contributed by atoms with Gasteiger partial charge >= 0.3 is 6.18 Å². The van der Waals surface area contributed by atoms with Crippen molar-refractivity contribution in [2.24, 2.45) is 0 Å². The normalized spacial score (nSPS) is 18.6. The molecule has 1 heterocycles. The number of hydrogen-bond acceptors (Lipinski definition) is 2. The second-order valence-corrected chi connectivity index (χ2v) is 4.37. The van der Waals surface area contributed by atoms with Crippen molar-refractivity contribution in [1.29, 1.82) is 0 Å². The zero-order valence-electron chi connectivity index (χ0n) is 9.85.